The van der Waals surface area contributed by atoms with Crippen LogP contribution in [-0.4, -0.2) is 16.0 Å². The molecule has 0 spiro atoms. The third kappa shape index (κ3) is 3.37. The maximum absolute atomic E-state index is 12.8. The second-order valence-corrected chi connectivity index (χ2v) is 6.25. The first-order valence-electron chi connectivity index (χ1n) is 8.71. The van der Waals surface area contributed by atoms with Crippen LogP contribution < -0.4 is 5.32 Å². The van der Waals surface area contributed by atoms with Crippen LogP contribution in [0.15, 0.2) is 91.1 Å². The number of rotatable bonds is 4. The predicted molar refractivity (Wildman–Crippen MR) is 106 cm³/mol. The number of amides is 1. The first-order valence-corrected chi connectivity index (χ1v) is 8.71. The number of carbonyl (C=O) groups is 1. The summed E-state index contributed by atoms with van der Waals surface area (Å²) in [5.41, 5.74) is 1.88. The second kappa shape index (κ2) is 7.30. The Hall–Kier alpha value is -3.66. The van der Waals surface area contributed by atoms with E-state index in [9.17, 15) is 9.90 Å². The van der Waals surface area contributed by atoms with Crippen molar-refractivity contribution >= 4 is 16.7 Å². The van der Waals surface area contributed by atoms with Crippen LogP contribution in [0.2, 0.25) is 0 Å². The summed E-state index contributed by atoms with van der Waals surface area (Å²) in [4.78, 5) is 16.9. The number of hydrogen-bond acceptors (Lipinski definition) is 3. The number of nitrogens with one attached hydrogen (secondary N) is 1. The molecule has 1 unspecified atom stereocenters. The van der Waals surface area contributed by atoms with Gasteiger partial charge in [0.2, 0.25) is 0 Å². The van der Waals surface area contributed by atoms with Crippen molar-refractivity contribution in [3.8, 4) is 5.75 Å². The molecule has 0 saturated carbocycles. The largest absolute Gasteiger partial charge is 0.508 e. The number of carbonyl (C=O) groups excluding carboxylic acids is 1. The molecule has 1 amide bonds. The fourth-order valence-electron chi connectivity index (χ4n) is 3.26. The van der Waals surface area contributed by atoms with Gasteiger partial charge in [0.25, 0.3) is 5.91 Å². The molecule has 4 rings (SSSR count). The van der Waals surface area contributed by atoms with E-state index < -0.39 is 6.04 Å². The fraction of sp³-hybridized carbons (Fsp3) is 0.0435. The Kier molecular flexibility index (Phi) is 4.54. The molecule has 1 aromatic heterocycles. The van der Waals surface area contributed by atoms with Crippen LogP contribution >= 0.6 is 0 Å². The first kappa shape index (κ1) is 16.8. The molecule has 0 aliphatic rings. The summed E-state index contributed by atoms with van der Waals surface area (Å²) in [5.74, 6) is -0.152. The van der Waals surface area contributed by atoms with E-state index >= 15 is 0 Å². The van der Waals surface area contributed by atoms with Crippen molar-refractivity contribution in [2.24, 2.45) is 0 Å². The molecule has 0 bridgehead atoms. The molecule has 0 radical (unpaired) electrons. The molecule has 2 N–H and O–H groups in total. The van der Waals surface area contributed by atoms with Crippen molar-refractivity contribution in [2.45, 2.75) is 6.04 Å². The molecule has 0 fully saturated rings. The van der Waals surface area contributed by atoms with Crippen molar-refractivity contribution in [1.29, 1.82) is 0 Å². The van der Waals surface area contributed by atoms with E-state index in [-0.39, 0.29) is 11.7 Å². The normalized spacial score (nSPS) is 11.9. The lowest BCUT2D eigenvalue weighted by Gasteiger charge is -2.22. The molecule has 4 aromatic rings. The fourth-order valence-corrected chi connectivity index (χ4v) is 3.26. The van der Waals surface area contributed by atoms with E-state index in [2.05, 4.69) is 10.3 Å². The van der Waals surface area contributed by atoms with E-state index in [1.807, 2.05) is 60.7 Å². The number of benzene rings is 3. The minimum absolute atomic E-state index is 0.142. The summed E-state index contributed by atoms with van der Waals surface area (Å²) in [6, 6.07) is 25.7. The summed E-state index contributed by atoms with van der Waals surface area (Å²) in [5, 5.41) is 15.6. The van der Waals surface area contributed by atoms with Gasteiger partial charge in [-0.05, 0) is 34.5 Å². The second-order valence-electron chi connectivity index (χ2n) is 6.25. The van der Waals surface area contributed by atoms with Crippen LogP contribution in [0.1, 0.15) is 27.7 Å². The number of fused-ring (bicyclic) bond motifs is 1. The quantitative estimate of drug-likeness (QED) is 0.569. The molecule has 0 saturated heterocycles. The van der Waals surface area contributed by atoms with Crippen LogP contribution in [-0.2, 0) is 0 Å². The topological polar surface area (TPSA) is 62.2 Å². The van der Waals surface area contributed by atoms with E-state index in [1.54, 1.807) is 30.5 Å². The molecule has 4 heteroatoms. The highest BCUT2D eigenvalue weighted by molar-refractivity contribution is 5.94. The Labute approximate surface area is 157 Å². The number of phenolic OH excluding ortho intramolecular Hbond substituents is 1. The van der Waals surface area contributed by atoms with Gasteiger partial charge >= 0.3 is 0 Å². The maximum Gasteiger partial charge on any atom is 0.270 e. The van der Waals surface area contributed by atoms with Crippen LogP contribution in [0.5, 0.6) is 5.75 Å². The summed E-state index contributed by atoms with van der Waals surface area (Å²) >= 11 is 0. The minimum atomic E-state index is -0.508. The van der Waals surface area contributed by atoms with Gasteiger partial charge in [0.15, 0.2) is 0 Å². The van der Waals surface area contributed by atoms with Crippen molar-refractivity contribution < 1.29 is 9.90 Å². The average Bonchev–Trinajstić information content (AvgIpc) is 2.73. The van der Waals surface area contributed by atoms with Gasteiger partial charge in [0.1, 0.15) is 11.4 Å². The number of pyridine rings is 1. The zero-order valence-electron chi connectivity index (χ0n) is 14.5. The van der Waals surface area contributed by atoms with Gasteiger partial charge in [-0.1, -0.05) is 66.7 Å². The lowest BCUT2D eigenvalue weighted by Crippen LogP contribution is -2.30. The van der Waals surface area contributed by atoms with Gasteiger partial charge in [-0.25, -0.2) is 0 Å². The van der Waals surface area contributed by atoms with Gasteiger partial charge in [-0.15, -0.1) is 0 Å². The van der Waals surface area contributed by atoms with Crippen LogP contribution in [0.25, 0.3) is 10.8 Å². The van der Waals surface area contributed by atoms with Crippen molar-refractivity contribution in [3.05, 3.63) is 108 Å². The molecule has 27 heavy (non-hydrogen) atoms. The highest BCUT2D eigenvalue weighted by Crippen LogP contribution is 2.35. The maximum atomic E-state index is 12.8. The Morgan fingerprint density at radius 3 is 2.37 bits per heavy atom. The third-order valence-electron chi connectivity index (χ3n) is 4.54. The molecule has 4 nitrogen and oxygen atoms in total. The Morgan fingerprint density at radius 2 is 1.59 bits per heavy atom. The number of phenols is 1. The van der Waals surface area contributed by atoms with Gasteiger partial charge in [0.05, 0.1) is 6.04 Å². The van der Waals surface area contributed by atoms with Crippen molar-refractivity contribution in [2.75, 3.05) is 0 Å². The molecule has 132 valence electrons. The SMILES string of the molecule is O=C(NC(c1ccccc1)c1c(O)ccc2ccccc12)c1ccccn1. The lowest BCUT2D eigenvalue weighted by atomic mass is 9.92. The van der Waals surface area contributed by atoms with Gasteiger partial charge in [-0.2, -0.15) is 0 Å². The molecule has 0 aliphatic heterocycles. The Balaban J connectivity index is 1.85. The summed E-state index contributed by atoms with van der Waals surface area (Å²) in [7, 11) is 0. The zero-order chi connectivity index (χ0) is 18.6. The monoisotopic (exact) mass is 354 g/mol. The number of aromatic nitrogens is 1. The van der Waals surface area contributed by atoms with E-state index in [1.165, 1.54) is 0 Å². The standard InChI is InChI=1S/C23H18N2O2/c26-20-14-13-16-8-4-5-11-18(16)21(20)22(17-9-2-1-3-10-17)25-23(27)19-12-6-7-15-24-19/h1-15,22,26H,(H,25,27). The highest BCUT2D eigenvalue weighted by atomic mass is 16.3. The Morgan fingerprint density at radius 1 is 0.852 bits per heavy atom. The summed E-state index contributed by atoms with van der Waals surface area (Å²) < 4.78 is 0. The van der Waals surface area contributed by atoms with Crippen molar-refractivity contribution in [1.82, 2.24) is 10.3 Å². The van der Waals surface area contributed by atoms with Crippen LogP contribution in [0.3, 0.4) is 0 Å². The Bertz CT molecular complexity index is 1080. The minimum Gasteiger partial charge on any atom is -0.508 e. The van der Waals surface area contributed by atoms with Gasteiger partial charge in [-0.3, -0.25) is 9.78 Å². The van der Waals surface area contributed by atoms with E-state index in [0.717, 1.165) is 16.3 Å². The third-order valence-corrected chi connectivity index (χ3v) is 4.54. The van der Waals surface area contributed by atoms with Crippen molar-refractivity contribution in [3.63, 3.8) is 0 Å². The smallest absolute Gasteiger partial charge is 0.270 e. The number of aromatic hydroxyl groups is 1. The van der Waals surface area contributed by atoms with E-state index in [0.29, 0.717) is 11.3 Å². The summed E-state index contributed by atoms with van der Waals surface area (Å²) in [6.45, 7) is 0. The van der Waals surface area contributed by atoms with Crippen LogP contribution in [0.4, 0.5) is 0 Å². The number of hydrogen-bond donors (Lipinski definition) is 2. The molecule has 0 aliphatic carbocycles. The molecule has 1 heterocycles. The van der Waals surface area contributed by atoms with Crippen LogP contribution in [0, 0.1) is 0 Å². The predicted octanol–water partition coefficient (Wildman–Crippen LogP) is 4.46. The van der Waals surface area contributed by atoms with Gasteiger partial charge < -0.3 is 10.4 Å². The lowest BCUT2D eigenvalue weighted by molar-refractivity contribution is 0.0938. The van der Waals surface area contributed by atoms with E-state index in [4.69, 9.17) is 0 Å². The summed E-state index contributed by atoms with van der Waals surface area (Å²) in [6.07, 6.45) is 1.59. The number of nitrogens with zero attached hydrogens (tertiary/aromatic N) is 1. The molecule has 1 atom stereocenters. The average molecular weight is 354 g/mol. The molecular weight excluding hydrogens is 336 g/mol. The highest BCUT2D eigenvalue weighted by Gasteiger charge is 2.23. The first-order chi connectivity index (χ1) is 13.2. The molecule has 3 aromatic carbocycles. The molecular formula is C23H18N2O2. The van der Waals surface area contributed by atoms with Gasteiger partial charge in [0, 0.05) is 11.8 Å². The zero-order valence-corrected chi connectivity index (χ0v) is 14.5.